The van der Waals surface area contributed by atoms with Crippen molar-refractivity contribution >= 4 is 165 Å². The van der Waals surface area contributed by atoms with E-state index in [4.69, 9.17) is 38.9 Å². The van der Waals surface area contributed by atoms with Crippen LogP contribution in [-0.4, -0.2) is 178 Å². The smallest absolute Gasteiger partial charge is 0.161 e. The zero-order valence-electron chi connectivity index (χ0n) is 56.9. The number of nitrogens with two attached hydrogens (primary N) is 5. The topological polar surface area (TPSA) is 461 Å². The molecule has 16 heterocycles. The average molecular weight is 1530 g/mol. The number of H-pyrrole nitrogens is 3. The number of thiophene rings is 5. The number of pyridine rings is 5. The number of likely N-dealkylation sites (tertiary alicyclic amines) is 1. The maximum Gasteiger partial charge on any atom is 0.161 e. The molecule has 0 amide bonds. The van der Waals surface area contributed by atoms with E-state index in [1.807, 2.05) is 60.7 Å². The number of anilines is 10. The molecule has 1 saturated heterocycles. The van der Waals surface area contributed by atoms with Gasteiger partial charge in [-0.25, -0.2) is 43.1 Å². The zero-order valence-corrected chi connectivity index (χ0v) is 61.0. The largest absolute Gasteiger partial charge is 0.396 e. The second kappa shape index (κ2) is 32.3. The molecule has 30 nitrogen and oxygen atoms in total. The van der Waals surface area contributed by atoms with Crippen molar-refractivity contribution in [2.75, 3.05) is 108 Å². The van der Waals surface area contributed by atoms with Crippen LogP contribution in [0.2, 0.25) is 0 Å². The van der Waals surface area contributed by atoms with Crippen LogP contribution in [0.5, 0.6) is 0 Å². The van der Waals surface area contributed by atoms with Crippen molar-refractivity contribution < 1.29 is 29.2 Å². The number of fused-ring (bicyclic) bond motifs is 5. The summed E-state index contributed by atoms with van der Waals surface area (Å²) in [5, 5.41) is 84.0. The Morgan fingerprint density at radius 3 is 1.23 bits per heavy atom. The summed E-state index contributed by atoms with van der Waals surface area (Å²) in [4.78, 5) is 27.4. The van der Waals surface area contributed by atoms with Crippen molar-refractivity contribution in [2.24, 2.45) is 5.92 Å². The Morgan fingerprint density at radius 1 is 0.491 bits per heavy atom. The first-order valence-electron chi connectivity index (χ1n) is 33.8. The fraction of sp³-hybridized carbons (Fsp3) is 0.275. The predicted molar refractivity (Wildman–Crippen MR) is 422 cm³/mol. The molecule has 15 aromatic rings. The van der Waals surface area contributed by atoms with Gasteiger partial charge in [-0.2, -0.15) is 25.5 Å². The normalized spacial score (nSPS) is 16.2. The lowest BCUT2D eigenvalue weighted by molar-refractivity contribution is 0.182. The van der Waals surface area contributed by atoms with Gasteiger partial charge in [-0.3, -0.25) is 15.3 Å². The quantitative estimate of drug-likeness (QED) is 0.0315. The molecule has 2 unspecified atom stereocenters. The minimum Gasteiger partial charge on any atom is -0.396 e. The first-order chi connectivity index (χ1) is 51.4. The van der Waals surface area contributed by atoms with Gasteiger partial charge in [-0.1, -0.05) is 0 Å². The number of rotatable bonds is 20. The number of aliphatic hydroxyl groups excluding tert-OH is 4. The summed E-state index contributed by atoms with van der Waals surface area (Å²) >= 11 is 7.91. The number of likely N-dealkylation sites (N-methyl/N-ethyl adjacent to an activating group) is 1. The maximum absolute atomic E-state index is 13.2. The van der Waals surface area contributed by atoms with Crippen LogP contribution in [0.25, 0.3) is 92.8 Å². The molecule has 0 aromatic carbocycles. The molecule has 37 heteroatoms. The number of hydrogen-bond donors (Lipinski definition) is 17. The summed E-state index contributed by atoms with van der Waals surface area (Å²) in [6.45, 7) is 4.51. The number of hydrogen-bond acceptors (Lipinski definition) is 30. The van der Waals surface area contributed by atoms with Gasteiger partial charge in [0, 0.05) is 119 Å². The standard InChI is InChI=1S/C15H16FN5OS.C14H16N6S.C14H15N5OS.C13H14FN5OS.C13H15N5OS/c16-8-6-18-21(7-8)14-5-12-15(23-14)11(4-13(17)20-12)19-9-1-2-10(22)3-9;1-20-6-8(7-20)17-11-5-13(15)18-10-4-12(21-14(10)11)9-2-3-16-19-9;15-13-5-9(16-6-7-3-11(7)20)14-10(18-13)4-12(21-14)8-1-2-17-19-8;14-8-6-17-19(7-8)12-5-10-13(21-12)9(4-11(15)18-10)16-2-1-3-20;14-12-7-9(15-3-1-5-19)13-10(17-12)6-11(20-13)8-2-4-16-18-8/h4-7,9-10,22H,1-3H2,(H3,17,19,20);2-5,8H,6-7H2,1H3,(H,16,19)(H3,15,17,18);1-2,4-5,7,11,20H,3,6H2,(H,17,19)(H3,15,16,18);4-7,20H,1-3H2,(H3,15,16,18);2,4,6-7,19H,1,3,5H2,(H,16,18)(H3,14,15,17)/t9-,10-;;;;/m0..../s1. The molecule has 0 radical (unpaired) electrons. The highest BCUT2D eigenvalue weighted by atomic mass is 32.1. The molecule has 2 saturated carbocycles. The second-order valence-electron chi connectivity index (χ2n) is 25.5. The van der Waals surface area contributed by atoms with Crippen LogP contribution in [-0.2, 0) is 0 Å². The van der Waals surface area contributed by atoms with Gasteiger partial charge in [0.25, 0.3) is 0 Å². The summed E-state index contributed by atoms with van der Waals surface area (Å²) in [5.41, 5.74) is 41.2. The number of aromatic amines is 3. The molecule has 2 aliphatic carbocycles. The Morgan fingerprint density at radius 2 is 0.868 bits per heavy atom. The predicted octanol–water partition coefficient (Wildman–Crippen LogP) is 10.6. The monoisotopic (exact) mass is 1530 g/mol. The van der Waals surface area contributed by atoms with E-state index in [0.29, 0.717) is 67.0 Å². The molecule has 3 fully saturated rings. The van der Waals surface area contributed by atoms with E-state index < -0.39 is 0 Å². The fourth-order valence-corrected chi connectivity index (χ4v) is 17.3. The van der Waals surface area contributed by atoms with E-state index in [2.05, 4.69) is 110 Å². The molecule has 550 valence electrons. The van der Waals surface area contributed by atoms with Gasteiger partial charge >= 0.3 is 0 Å². The van der Waals surface area contributed by atoms with E-state index in [1.165, 1.54) is 50.6 Å². The van der Waals surface area contributed by atoms with Crippen LogP contribution in [0.3, 0.4) is 0 Å². The summed E-state index contributed by atoms with van der Waals surface area (Å²) in [5.74, 6) is 1.94. The molecule has 0 spiro atoms. The summed E-state index contributed by atoms with van der Waals surface area (Å²) in [7, 11) is 2.12. The van der Waals surface area contributed by atoms with Crippen LogP contribution >= 0.6 is 56.7 Å². The molecule has 18 rings (SSSR count). The molecule has 4 atom stereocenters. The third kappa shape index (κ3) is 17.3. The van der Waals surface area contributed by atoms with Crippen LogP contribution in [0.1, 0.15) is 38.5 Å². The van der Waals surface area contributed by atoms with Crippen LogP contribution < -0.4 is 55.3 Å². The minimum atomic E-state index is -0.388. The van der Waals surface area contributed by atoms with E-state index in [-0.39, 0.29) is 43.1 Å². The van der Waals surface area contributed by atoms with Crippen molar-refractivity contribution in [1.29, 1.82) is 0 Å². The second-order valence-corrected chi connectivity index (χ2v) is 30.7. The van der Waals surface area contributed by atoms with Gasteiger partial charge in [0.05, 0.1) is 154 Å². The van der Waals surface area contributed by atoms with Crippen molar-refractivity contribution in [3.8, 4) is 41.7 Å². The third-order valence-corrected chi connectivity index (χ3v) is 23.1. The highest BCUT2D eigenvalue weighted by Crippen LogP contribution is 2.42. The highest BCUT2D eigenvalue weighted by Gasteiger charge is 2.35. The first-order valence-corrected chi connectivity index (χ1v) is 37.9. The van der Waals surface area contributed by atoms with Crippen molar-refractivity contribution in [2.45, 2.75) is 62.8 Å². The lowest BCUT2D eigenvalue weighted by atomic mass is 10.1. The van der Waals surface area contributed by atoms with Gasteiger partial charge in [0.1, 0.15) is 39.1 Å². The lowest BCUT2D eigenvalue weighted by Gasteiger charge is -2.37. The first kappa shape index (κ1) is 72.2. The molecule has 1 aliphatic heterocycles. The summed E-state index contributed by atoms with van der Waals surface area (Å²) in [6, 6.07) is 25.4. The Labute approximate surface area is 623 Å². The van der Waals surface area contributed by atoms with Crippen molar-refractivity contribution in [3.05, 3.63) is 134 Å². The fourth-order valence-electron chi connectivity index (χ4n) is 12.1. The Hall–Kier alpha value is -10.7. The molecule has 0 bridgehead atoms. The number of nitrogens with one attached hydrogen (secondary N) is 8. The van der Waals surface area contributed by atoms with Crippen molar-refractivity contribution in [3.63, 3.8) is 0 Å². The Balaban J connectivity index is 0.000000111. The Bertz CT molecular complexity index is 5440. The van der Waals surface area contributed by atoms with Crippen molar-refractivity contribution in [1.82, 2.24) is 80.0 Å². The van der Waals surface area contributed by atoms with Gasteiger partial charge in [-0.05, 0) is 82.0 Å². The molecule has 15 aromatic heterocycles. The van der Waals surface area contributed by atoms with Crippen LogP contribution in [0.15, 0.2) is 122 Å². The summed E-state index contributed by atoms with van der Waals surface area (Å²) < 4.78 is 34.3. The average Bonchev–Trinajstić information content (AvgIpc) is 1.64. The number of nitrogens with zero attached hydrogens (tertiary/aromatic N) is 13. The number of halogens is 2. The van der Waals surface area contributed by atoms with E-state index in [1.54, 1.807) is 64.7 Å². The molecule has 106 heavy (non-hydrogen) atoms. The summed E-state index contributed by atoms with van der Waals surface area (Å²) in [6.07, 6.45) is 14.5. The minimum absolute atomic E-state index is 0.124. The van der Waals surface area contributed by atoms with Crippen LogP contribution in [0, 0.1) is 17.6 Å². The number of aromatic nitrogens is 15. The zero-order chi connectivity index (χ0) is 73.5. The van der Waals surface area contributed by atoms with Gasteiger partial charge in [0.15, 0.2) is 11.6 Å². The van der Waals surface area contributed by atoms with E-state index in [0.717, 1.165) is 173 Å². The molecule has 22 N–H and O–H groups in total. The van der Waals surface area contributed by atoms with Gasteiger partial charge in [0.2, 0.25) is 0 Å². The molecule has 3 aliphatic rings. The Kier molecular flexibility index (Phi) is 22.0. The number of aliphatic hydroxyl groups is 4. The van der Waals surface area contributed by atoms with E-state index in [9.17, 15) is 19.0 Å². The number of nitrogen functional groups attached to an aromatic ring is 5. The maximum atomic E-state index is 13.2. The lowest BCUT2D eigenvalue weighted by Crippen LogP contribution is -2.52. The van der Waals surface area contributed by atoms with Gasteiger partial charge < -0.3 is 80.6 Å². The third-order valence-electron chi connectivity index (χ3n) is 17.2. The van der Waals surface area contributed by atoms with Crippen LogP contribution in [0.4, 0.5) is 66.3 Å². The molecular formula is C69H76F2N26O4S5. The van der Waals surface area contributed by atoms with Gasteiger partial charge in [-0.15, -0.1) is 56.7 Å². The highest BCUT2D eigenvalue weighted by molar-refractivity contribution is 7.24. The SMILES string of the molecule is CN1CC(Nc2cc(N)nc3cc(-c4ccn[nH]4)sc23)C1.Nc1cc(NCC2CC2O)c2sc(-c3ccn[nH]3)cc2n1.Nc1cc(NCCCO)c2sc(-c3ccn[nH]3)cc2n1.Nc1cc(NCCCO)c2sc(-n3cc(F)cn3)cc2n1.Nc1cc(N[C@H]2CC[C@H](O)C2)c2sc(-n3cc(F)cn3)cc2n1. The van der Waals surface area contributed by atoms with E-state index >= 15 is 0 Å². The molecular weight excluding hydrogens is 1460 g/mol.